The number of carboxylic acids is 1. The van der Waals surface area contributed by atoms with E-state index in [1.165, 1.54) is 19.2 Å². The number of nitro groups is 1. The average Bonchev–Trinajstić information content (AvgIpc) is 2.81. The lowest BCUT2D eigenvalue weighted by Gasteiger charge is -2.25. The first-order valence-electron chi connectivity index (χ1n) is 6.01. The summed E-state index contributed by atoms with van der Waals surface area (Å²) in [7, 11) is 0. The van der Waals surface area contributed by atoms with Crippen molar-refractivity contribution in [3.63, 3.8) is 0 Å². The van der Waals surface area contributed by atoms with Crippen molar-refractivity contribution in [2.24, 2.45) is 5.41 Å². The second-order valence-corrected chi connectivity index (χ2v) is 4.86. The fourth-order valence-electron chi connectivity index (χ4n) is 2.08. The third kappa shape index (κ3) is 2.48. The highest BCUT2D eigenvalue weighted by Crippen LogP contribution is 2.34. The second-order valence-electron chi connectivity index (χ2n) is 4.86. The van der Waals surface area contributed by atoms with Gasteiger partial charge in [0.15, 0.2) is 0 Å². The van der Waals surface area contributed by atoms with E-state index in [9.17, 15) is 20.0 Å². The SMILES string of the molecule is CC1(C(=O)O)COCC1Nc1nccc(C#N)c1[N+](=O)[O-]. The lowest BCUT2D eigenvalue weighted by Crippen LogP contribution is -2.43. The van der Waals surface area contributed by atoms with Gasteiger partial charge in [0.2, 0.25) is 5.82 Å². The molecule has 2 unspecified atom stereocenters. The van der Waals surface area contributed by atoms with Crippen LogP contribution in [0.25, 0.3) is 0 Å². The highest BCUT2D eigenvalue weighted by Gasteiger charge is 2.47. The Morgan fingerprint density at radius 1 is 1.76 bits per heavy atom. The minimum atomic E-state index is -1.22. The summed E-state index contributed by atoms with van der Waals surface area (Å²) in [5, 5.41) is 32.0. The third-order valence-corrected chi connectivity index (χ3v) is 3.48. The number of hydrogen-bond acceptors (Lipinski definition) is 7. The maximum Gasteiger partial charge on any atom is 0.328 e. The maximum absolute atomic E-state index is 11.3. The molecule has 1 saturated heterocycles. The fourth-order valence-corrected chi connectivity index (χ4v) is 2.08. The molecular formula is C12H12N4O5. The smallest absolute Gasteiger partial charge is 0.328 e. The summed E-state index contributed by atoms with van der Waals surface area (Å²) in [4.78, 5) is 25.6. The molecule has 0 aliphatic carbocycles. The molecule has 9 nitrogen and oxygen atoms in total. The first kappa shape index (κ1) is 14.7. The van der Waals surface area contributed by atoms with Crippen molar-refractivity contribution in [2.75, 3.05) is 18.5 Å². The molecule has 0 saturated carbocycles. The summed E-state index contributed by atoms with van der Waals surface area (Å²) in [5.74, 6) is -1.21. The normalized spacial score (nSPS) is 24.3. The van der Waals surface area contributed by atoms with Gasteiger partial charge in [-0.1, -0.05) is 0 Å². The van der Waals surface area contributed by atoms with E-state index in [0.29, 0.717) is 0 Å². The Hall–Kier alpha value is -2.73. The zero-order valence-corrected chi connectivity index (χ0v) is 11.1. The monoisotopic (exact) mass is 292 g/mol. The van der Waals surface area contributed by atoms with Gasteiger partial charge in [-0.15, -0.1) is 0 Å². The summed E-state index contributed by atoms with van der Waals surface area (Å²) in [6, 6.07) is 2.26. The van der Waals surface area contributed by atoms with Gasteiger partial charge in [0.1, 0.15) is 17.0 Å². The molecule has 1 aliphatic rings. The highest BCUT2D eigenvalue weighted by atomic mass is 16.6. The van der Waals surface area contributed by atoms with Gasteiger partial charge in [0, 0.05) is 6.20 Å². The number of anilines is 1. The number of nitrogens with zero attached hydrogens (tertiary/aromatic N) is 3. The Morgan fingerprint density at radius 2 is 2.48 bits per heavy atom. The number of carboxylic acid groups (broad SMARTS) is 1. The maximum atomic E-state index is 11.3. The Balaban J connectivity index is 2.39. The minimum Gasteiger partial charge on any atom is -0.481 e. The molecule has 9 heteroatoms. The highest BCUT2D eigenvalue weighted by molar-refractivity contribution is 5.77. The standard InChI is InChI=1S/C12H12N4O5/c1-12(11(17)18)6-21-5-8(12)15-10-9(16(19)20)7(4-13)2-3-14-10/h2-3,8H,5-6H2,1H3,(H,14,15)(H,17,18). The molecule has 0 amide bonds. The Kier molecular flexibility index (Phi) is 3.73. The zero-order chi connectivity index (χ0) is 15.6. The largest absolute Gasteiger partial charge is 0.481 e. The molecule has 1 aromatic rings. The van der Waals surface area contributed by atoms with Crippen molar-refractivity contribution in [2.45, 2.75) is 13.0 Å². The fraction of sp³-hybridized carbons (Fsp3) is 0.417. The van der Waals surface area contributed by atoms with Crippen molar-refractivity contribution in [1.29, 1.82) is 5.26 Å². The number of carbonyl (C=O) groups is 1. The number of aliphatic carboxylic acids is 1. The van der Waals surface area contributed by atoms with Gasteiger partial charge in [-0.05, 0) is 13.0 Å². The number of hydrogen-bond donors (Lipinski definition) is 2. The molecule has 0 aromatic carbocycles. The van der Waals surface area contributed by atoms with Crippen molar-refractivity contribution in [3.8, 4) is 6.07 Å². The lowest BCUT2D eigenvalue weighted by atomic mass is 9.85. The molecule has 0 spiro atoms. The summed E-state index contributed by atoms with van der Waals surface area (Å²) in [6.07, 6.45) is 1.25. The Bertz CT molecular complexity index is 641. The van der Waals surface area contributed by atoms with Crippen molar-refractivity contribution < 1.29 is 19.6 Å². The molecule has 1 aromatic heterocycles. The van der Waals surface area contributed by atoms with Crippen LogP contribution in [0, 0.1) is 26.9 Å². The molecule has 1 fully saturated rings. The Morgan fingerprint density at radius 3 is 3.05 bits per heavy atom. The predicted octanol–water partition coefficient (Wildman–Crippen LogP) is 0.763. The van der Waals surface area contributed by atoms with Crippen LogP contribution in [-0.4, -0.2) is 40.2 Å². The van der Waals surface area contributed by atoms with Gasteiger partial charge >= 0.3 is 11.7 Å². The Labute approximate surface area is 119 Å². The van der Waals surface area contributed by atoms with Gasteiger partial charge in [0.05, 0.1) is 24.2 Å². The van der Waals surface area contributed by atoms with E-state index in [4.69, 9.17) is 10.00 Å². The molecule has 0 bridgehead atoms. The van der Waals surface area contributed by atoms with Crippen LogP contribution in [0.5, 0.6) is 0 Å². The van der Waals surface area contributed by atoms with Gasteiger partial charge in [0.25, 0.3) is 0 Å². The predicted molar refractivity (Wildman–Crippen MR) is 69.6 cm³/mol. The summed E-state index contributed by atoms with van der Waals surface area (Å²) >= 11 is 0. The van der Waals surface area contributed by atoms with Crippen LogP contribution in [0.2, 0.25) is 0 Å². The van der Waals surface area contributed by atoms with E-state index in [2.05, 4.69) is 10.3 Å². The van der Waals surface area contributed by atoms with E-state index in [0.717, 1.165) is 0 Å². The molecule has 1 aliphatic heterocycles. The zero-order valence-electron chi connectivity index (χ0n) is 11.1. The van der Waals surface area contributed by atoms with E-state index >= 15 is 0 Å². The lowest BCUT2D eigenvalue weighted by molar-refractivity contribution is -0.384. The number of rotatable bonds is 4. The van der Waals surface area contributed by atoms with Gasteiger partial charge in [-0.3, -0.25) is 14.9 Å². The van der Waals surface area contributed by atoms with Crippen LogP contribution >= 0.6 is 0 Å². The van der Waals surface area contributed by atoms with Crippen molar-refractivity contribution in [1.82, 2.24) is 4.98 Å². The van der Waals surface area contributed by atoms with E-state index in [-0.39, 0.29) is 24.6 Å². The van der Waals surface area contributed by atoms with Crippen LogP contribution in [0.1, 0.15) is 12.5 Å². The van der Waals surface area contributed by atoms with E-state index < -0.39 is 28.0 Å². The van der Waals surface area contributed by atoms with Gasteiger partial charge < -0.3 is 15.2 Å². The second kappa shape index (κ2) is 5.34. The van der Waals surface area contributed by atoms with Crippen LogP contribution in [0.4, 0.5) is 11.5 Å². The minimum absolute atomic E-state index is 0.00820. The average molecular weight is 292 g/mol. The summed E-state index contributed by atoms with van der Waals surface area (Å²) in [5.41, 5.74) is -1.84. The topological polar surface area (TPSA) is 138 Å². The summed E-state index contributed by atoms with van der Waals surface area (Å²) in [6.45, 7) is 1.56. The van der Waals surface area contributed by atoms with Crippen LogP contribution < -0.4 is 5.32 Å². The third-order valence-electron chi connectivity index (χ3n) is 3.48. The number of ether oxygens (including phenoxy) is 1. The molecule has 0 radical (unpaired) electrons. The molecular weight excluding hydrogens is 280 g/mol. The molecule has 2 heterocycles. The molecule has 21 heavy (non-hydrogen) atoms. The number of aromatic nitrogens is 1. The van der Waals surface area contributed by atoms with Crippen LogP contribution in [-0.2, 0) is 9.53 Å². The number of nitriles is 1. The molecule has 110 valence electrons. The first-order chi connectivity index (χ1) is 9.90. The van der Waals surface area contributed by atoms with Crippen LogP contribution in [0.3, 0.4) is 0 Å². The molecule has 2 atom stereocenters. The quantitative estimate of drug-likeness (QED) is 0.612. The van der Waals surface area contributed by atoms with Crippen molar-refractivity contribution >= 4 is 17.5 Å². The number of pyridine rings is 1. The summed E-state index contributed by atoms with van der Waals surface area (Å²) < 4.78 is 5.16. The van der Waals surface area contributed by atoms with E-state index in [1.54, 1.807) is 6.07 Å². The van der Waals surface area contributed by atoms with Gasteiger partial charge in [-0.25, -0.2) is 4.98 Å². The van der Waals surface area contributed by atoms with Gasteiger partial charge in [-0.2, -0.15) is 5.26 Å². The molecule has 2 N–H and O–H groups in total. The van der Waals surface area contributed by atoms with E-state index in [1.807, 2.05) is 0 Å². The first-order valence-corrected chi connectivity index (χ1v) is 6.01. The van der Waals surface area contributed by atoms with Crippen molar-refractivity contribution in [3.05, 3.63) is 27.9 Å². The molecule has 2 rings (SSSR count). The van der Waals surface area contributed by atoms with Crippen LogP contribution in [0.15, 0.2) is 12.3 Å². The number of nitrogens with one attached hydrogen (secondary N) is 1.